The zero-order valence-electron chi connectivity index (χ0n) is 18.3. The van der Waals surface area contributed by atoms with Gasteiger partial charge in [-0.3, -0.25) is 0 Å². The number of ether oxygens (including phenoxy) is 4. The van der Waals surface area contributed by atoms with Gasteiger partial charge in [0.2, 0.25) is 0 Å². The highest BCUT2D eigenvalue weighted by Gasteiger charge is 2.61. The third kappa shape index (κ3) is 4.32. The molecule has 1 unspecified atom stereocenters. The van der Waals surface area contributed by atoms with Crippen molar-refractivity contribution in [1.29, 1.82) is 0 Å². The number of carbonyl (C=O) groups is 2. The van der Waals surface area contributed by atoms with Gasteiger partial charge in [0.25, 0.3) is 0 Å². The molecule has 1 aromatic rings. The maximum absolute atomic E-state index is 12.8. The van der Waals surface area contributed by atoms with Crippen LogP contribution in [0.2, 0.25) is 0 Å². The van der Waals surface area contributed by atoms with Crippen molar-refractivity contribution < 1.29 is 28.5 Å². The van der Waals surface area contributed by atoms with E-state index >= 15 is 0 Å². The first-order valence-corrected chi connectivity index (χ1v) is 11.0. The summed E-state index contributed by atoms with van der Waals surface area (Å²) in [5, 5.41) is 0. The standard InChI is InChI=1S/C25H30O6/c1-5-28-24(27)20(17-11-7-6-8-12-17)29-19-14-18-16(3)23(26)30-21(18)22-25(4,31-22)13-9-10-15(19)2/h6-8,10-12,18-22H,3,5,9,13-14H2,1-2,4H3/b15-10+/t18-,19-,20?,21-,22-,25+/m0/s1. The Morgan fingerprint density at radius 1 is 1.32 bits per heavy atom. The molecule has 0 radical (unpaired) electrons. The Balaban J connectivity index is 1.64. The van der Waals surface area contributed by atoms with Gasteiger partial charge in [-0.2, -0.15) is 0 Å². The Hall–Kier alpha value is -2.44. The Kier molecular flexibility index (Phi) is 6.04. The molecular formula is C25H30O6. The number of esters is 2. The third-order valence-electron chi connectivity index (χ3n) is 6.57. The Bertz CT molecular complexity index is 891. The zero-order chi connectivity index (χ0) is 22.2. The predicted molar refractivity (Wildman–Crippen MR) is 114 cm³/mol. The van der Waals surface area contributed by atoms with Gasteiger partial charge in [-0.15, -0.1) is 0 Å². The minimum atomic E-state index is -0.857. The number of hydrogen-bond acceptors (Lipinski definition) is 6. The van der Waals surface area contributed by atoms with Crippen LogP contribution >= 0.6 is 0 Å². The quantitative estimate of drug-likeness (QED) is 0.306. The summed E-state index contributed by atoms with van der Waals surface area (Å²) in [6.07, 6.45) is 2.51. The molecule has 2 aliphatic heterocycles. The van der Waals surface area contributed by atoms with Gasteiger partial charge < -0.3 is 18.9 Å². The lowest BCUT2D eigenvalue weighted by Gasteiger charge is -2.29. The molecule has 2 heterocycles. The molecule has 31 heavy (non-hydrogen) atoms. The molecule has 0 N–H and O–H groups in total. The highest BCUT2D eigenvalue weighted by Crippen LogP contribution is 2.50. The zero-order valence-corrected chi connectivity index (χ0v) is 18.3. The Morgan fingerprint density at radius 2 is 2.06 bits per heavy atom. The number of benzene rings is 1. The normalized spacial score (nSPS) is 35.1. The van der Waals surface area contributed by atoms with E-state index in [9.17, 15) is 9.59 Å². The number of hydrogen-bond donors (Lipinski definition) is 0. The lowest BCUT2D eigenvalue weighted by Crippen LogP contribution is -2.34. The van der Waals surface area contributed by atoms with Crippen molar-refractivity contribution in [2.45, 2.75) is 70.1 Å². The van der Waals surface area contributed by atoms with Gasteiger partial charge >= 0.3 is 11.9 Å². The summed E-state index contributed by atoms with van der Waals surface area (Å²) in [6, 6.07) is 9.34. The minimum Gasteiger partial charge on any atom is -0.464 e. The van der Waals surface area contributed by atoms with Crippen LogP contribution in [0.25, 0.3) is 0 Å². The average Bonchev–Trinajstić information content (AvgIpc) is 3.34. The molecule has 3 aliphatic rings. The first-order chi connectivity index (χ1) is 14.8. The van der Waals surface area contributed by atoms with E-state index in [0.29, 0.717) is 12.0 Å². The monoisotopic (exact) mass is 426 g/mol. The second-order valence-corrected chi connectivity index (χ2v) is 8.74. The van der Waals surface area contributed by atoms with E-state index in [1.807, 2.05) is 37.3 Å². The van der Waals surface area contributed by atoms with Crippen LogP contribution in [0.1, 0.15) is 51.7 Å². The van der Waals surface area contributed by atoms with Crippen LogP contribution in [0.15, 0.2) is 54.1 Å². The Labute approximate surface area is 183 Å². The maximum atomic E-state index is 12.8. The van der Waals surface area contributed by atoms with Crippen molar-refractivity contribution in [3.8, 4) is 0 Å². The summed E-state index contributed by atoms with van der Waals surface area (Å²) >= 11 is 0. The van der Waals surface area contributed by atoms with Crippen LogP contribution < -0.4 is 0 Å². The van der Waals surface area contributed by atoms with Crippen molar-refractivity contribution in [2.24, 2.45) is 5.92 Å². The fraction of sp³-hybridized carbons (Fsp3) is 0.520. The highest BCUT2D eigenvalue weighted by molar-refractivity contribution is 5.91. The number of carbonyl (C=O) groups excluding carboxylic acids is 2. The van der Waals surface area contributed by atoms with Gasteiger partial charge in [-0.25, -0.2) is 9.59 Å². The topological polar surface area (TPSA) is 74.4 Å². The van der Waals surface area contributed by atoms with Crippen molar-refractivity contribution in [3.05, 3.63) is 59.7 Å². The van der Waals surface area contributed by atoms with E-state index in [4.69, 9.17) is 18.9 Å². The van der Waals surface area contributed by atoms with Crippen LogP contribution in [-0.4, -0.2) is 42.5 Å². The SMILES string of the molecule is C=C1C(=O)O[C@H]2[C@H]1C[C@H](OC(C(=O)OCC)c1ccccc1)/C(C)=C/CC[C@@]1(C)O[C@@H]21. The summed E-state index contributed by atoms with van der Waals surface area (Å²) < 4.78 is 23.3. The smallest absolute Gasteiger partial charge is 0.339 e. The highest BCUT2D eigenvalue weighted by atomic mass is 16.6. The molecule has 6 atom stereocenters. The first-order valence-electron chi connectivity index (χ1n) is 11.0. The van der Waals surface area contributed by atoms with E-state index in [1.165, 1.54) is 0 Å². The molecule has 0 spiro atoms. The second-order valence-electron chi connectivity index (χ2n) is 8.74. The van der Waals surface area contributed by atoms with E-state index in [-0.39, 0.29) is 36.3 Å². The molecule has 2 fully saturated rings. The molecule has 0 saturated carbocycles. The fourth-order valence-corrected chi connectivity index (χ4v) is 4.63. The number of fused-ring (bicyclic) bond motifs is 3. The second kappa shape index (κ2) is 8.60. The van der Waals surface area contributed by atoms with E-state index in [2.05, 4.69) is 19.6 Å². The lowest BCUT2D eigenvalue weighted by atomic mass is 9.83. The van der Waals surface area contributed by atoms with Crippen molar-refractivity contribution in [3.63, 3.8) is 0 Å². The summed E-state index contributed by atoms with van der Waals surface area (Å²) in [6.45, 7) is 10.1. The number of allylic oxidation sites excluding steroid dienone is 1. The summed E-state index contributed by atoms with van der Waals surface area (Å²) in [5.41, 5.74) is 1.91. The predicted octanol–water partition coefficient (Wildman–Crippen LogP) is 4.06. The van der Waals surface area contributed by atoms with E-state index in [1.54, 1.807) is 6.92 Å². The van der Waals surface area contributed by atoms with Crippen LogP contribution in [0.5, 0.6) is 0 Å². The maximum Gasteiger partial charge on any atom is 0.339 e. The van der Waals surface area contributed by atoms with Gasteiger partial charge in [-0.1, -0.05) is 43.0 Å². The fourth-order valence-electron chi connectivity index (χ4n) is 4.63. The van der Waals surface area contributed by atoms with E-state index < -0.39 is 18.2 Å². The molecule has 1 aliphatic carbocycles. The summed E-state index contributed by atoms with van der Waals surface area (Å²) in [5.74, 6) is -1.03. The van der Waals surface area contributed by atoms with E-state index in [0.717, 1.165) is 24.0 Å². The molecule has 2 saturated heterocycles. The van der Waals surface area contributed by atoms with Gasteiger partial charge in [0.05, 0.1) is 18.3 Å². The average molecular weight is 427 g/mol. The number of rotatable bonds is 5. The molecule has 0 aromatic heterocycles. The molecule has 0 bridgehead atoms. The van der Waals surface area contributed by atoms with Gasteiger partial charge in [0.1, 0.15) is 12.2 Å². The van der Waals surface area contributed by atoms with Gasteiger partial charge in [0.15, 0.2) is 6.10 Å². The Morgan fingerprint density at radius 3 is 2.77 bits per heavy atom. The van der Waals surface area contributed by atoms with Crippen molar-refractivity contribution in [1.82, 2.24) is 0 Å². The van der Waals surface area contributed by atoms with Crippen LogP contribution in [-0.2, 0) is 28.5 Å². The third-order valence-corrected chi connectivity index (χ3v) is 6.57. The van der Waals surface area contributed by atoms with Gasteiger partial charge in [0, 0.05) is 11.5 Å². The summed E-state index contributed by atoms with van der Waals surface area (Å²) in [4.78, 5) is 25.1. The molecule has 4 rings (SSSR count). The first kappa shape index (κ1) is 21.8. The van der Waals surface area contributed by atoms with Gasteiger partial charge in [-0.05, 0) is 51.2 Å². The number of epoxide rings is 1. The van der Waals surface area contributed by atoms with Crippen LogP contribution in [0.3, 0.4) is 0 Å². The lowest BCUT2D eigenvalue weighted by molar-refractivity contribution is -0.160. The molecule has 6 nitrogen and oxygen atoms in total. The summed E-state index contributed by atoms with van der Waals surface area (Å²) in [7, 11) is 0. The van der Waals surface area contributed by atoms with Crippen molar-refractivity contribution >= 4 is 11.9 Å². The van der Waals surface area contributed by atoms with Crippen molar-refractivity contribution in [2.75, 3.05) is 6.61 Å². The molecular weight excluding hydrogens is 396 g/mol. The molecule has 0 amide bonds. The van der Waals surface area contributed by atoms with Crippen LogP contribution in [0, 0.1) is 5.92 Å². The van der Waals surface area contributed by atoms with Crippen LogP contribution in [0.4, 0.5) is 0 Å². The minimum absolute atomic E-state index is 0.136. The molecule has 6 heteroatoms. The largest absolute Gasteiger partial charge is 0.464 e. The molecule has 166 valence electrons. The molecule has 1 aromatic carbocycles.